The van der Waals surface area contributed by atoms with E-state index in [2.05, 4.69) is 11.9 Å². The van der Waals surface area contributed by atoms with Gasteiger partial charge in [-0.15, -0.1) is 6.58 Å². The second kappa shape index (κ2) is 11.2. The number of allylic oxidation sites excluding steroid dienone is 1. The van der Waals surface area contributed by atoms with E-state index >= 15 is 0 Å². The van der Waals surface area contributed by atoms with Crippen LogP contribution in [-0.2, 0) is 4.79 Å². The molecule has 1 atom stereocenters. The quantitative estimate of drug-likeness (QED) is 0.518. The summed E-state index contributed by atoms with van der Waals surface area (Å²) in [5.74, 6) is -5.50. The van der Waals surface area contributed by atoms with Crippen molar-refractivity contribution in [3.8, 4) is 0 Å². The Morgan fingerprint density at radius 1 is 1.30 bits per heavy atom. The third-order valence-corrected chi connectivity index (χ3v) is 3.09. The van der Waals surface area contributed by atoms with Gasteiger partial charge >= 0.3 is 57.3 Å². The minimum absolute atomic E-state index is 0. The third-order valence-electron chi connectivity index (χ3n) is 3.09. The molecular weight excluding hydrogens is 329 g/mol. The van der Waals surface area contributed by atoms with Crippen molar-refractivity contribution in [3.63, 3.8) is 0 Å². The number of ketones is 1. The van der Waals surface area contributed by atoms with Crippen molar-refractivity contribution in [2.24, 2.45) is 0 Å². The molecule has 4 nitrogen and oxygen atoms in total. The van der Waals surface area contributed by atoms with Gasteiger partial charge in [0, 0.05) is 12.0 Å². The molecule has 0 heterocycles. The Kier molecular flexibility index (Phi) is 11.0. The summed E-state index contributed by atoms with van der Waals surface area (Å²) in [6.45, 7) is 3.21. The number of alkyl halides is 2. The van der Waals surface area contributed by atoms with Crippen LogP contribution in [0.1, 0.15) is 29.6 Å². The van der Waals surface area contributed by atoms with Gasteiger partial charge in [-0.25, -0.2) is 0 Å². The van der Waals surface area contributed by atoms with E-state index in [1.165, 1.54) is 12.1 Å². The van der Waals surface area contributed by atoms with E-state index in [-0.39, 0.29) is 70.8 Å². The van der Waals surface area contributed by atoms with Crippen LogP contribution < -0.4 is 56.7 Å². The number of hydrogen-bond acceptors (Lipinski definition) is 2. The first kappa shape index (κ1) is 22.6. The standard InChI is InChI=1S/C16H19F2N2O2.K/c1-2-10-16(17,18)14(21)13(9-6-11-19)20-15(22)12-7-4-3-5-8-12;/h2-5,7-8,13,19H,1,6,9-11H2,(H,20,22);/q-1;+1. The van der Waals surface area contributed by atoms with Crippen molar-refractivity contribution in [1.82, 2.24) is 5.32 Å². The Hall–Kier alpha value is -0.444. The number of carbonyl (C=O) groups excluding carboxylic acids is 2. The van der Waals surface area contributed by atoms with Gasteiger partial charge in [-0.05, 0) is 18.6 Å². The summed E-state index contributed by atoms with van der Waals surface area (Å²) in [6.07, 6.45) is 0.451. The molecule has 23 heavy (non-hydrogen) atoms. The molecule has 2 N–H and O–H groups in total. The molecule has 120 valence electrons. The Morgan fingerprint density at radius 3 is 2.43 bits per heavy atom. The van der Waals surface area contributed by atoms with Gasteiger partial charge < -0.3 is 11.1 Å². The van der Waals surface area contributed by atoms with Gasteiger partial charge in [-0.1, -0.05) is 30.7 Å². The van der Waals surface area contributed by atoms with Crippen molar-refractivity contribution in [2.75, 3.05) is 6.54 Å². The summed E-state index contributed by atoms with van der Waals surface area (Å²) in [5, 5.41) is 2.35. The van der Waals surface area contributed by atoms with E-state index < -0.39 is 30.1 Å². The summed E-state index contributed by atoms with van der Waals surface area (Å²) >= 11 is 0. The predicted molar refractivity (Wildman–Crippen MR) is 80.9 cm³/mol. The molecule has 7 heteroatoms. The molecule has 0 aromatic heterocycles. The monoisotopic (exact) mass is 348 g/mol. The fraction of sp³-hybridized carbons (Fsp3) is 0.375. The molecule has 0 fully saturated rings. The molecule has 0 aliphatic rings. The van der Waals surface area contributed by atoms with E-state index in [4.69, 9.17) is 5.73 Å². The number of amides is 1. The number of carbonyl (C=O) groups is 2. The first-order chi connectivity index (χ1) is 10.4. The van der Waals surface area contributed by atoms with Crippen LogP contribution in [0.2, 0.25) is 0 Å². The molecule has 0 saturated heterocycles. The molecular formula is C16H19F2KN2O2. The Bertz CT molecular complexity index is 524. The predicted octanol–water partition coefficient (Wildman–Crippen LogP) is 0.402. The summed E-state index contributed by atoms with van der Waals surface area (Å²) in [5.41, 5.74) is 7.38. The minimum atomic E-state index is -3.57. The van der Waals surface area contributed by atoms with Gasteiger partial charge in [-0.3, -0.25) is 9.59 Å². The number of rotatable bonds is 9. The summed E-state index contributed by atoms with van der Waals surface area (Å²) in [4.78, 5) is 24.0. The normalized spacial score (nSPS) is 12.0. The number of hydrogen-bond donors (Lipinski definition) is 1. The molecule has 0 bridgehead atoms. The molecule has 1 amide bonds. The fourth-order valence-corrected chi connectivity index (χ4v) is 1.94. The fourth-order valence-electron chi connectivity index (χ4n) is 1.94. The van der Waals surface area contributed by atoms with Crippen LogP contribution in [0.5, 0.6) is 0 Å². The van der Waals surface area contributed by atoms with E-state index in [0.29, 0.717) is 5.56 Å². The Morgan fingerprint density at radius 2 is 1.91 bits per heavy atom. The average molecular weight is 348 g/mol. The zero-order chi connectivity index (χ0) is 16.6. The first-order valence-electron chi connectivity index (χ1n) is 6.96. The van der Waals surface area contributed by atoms with Gasteiger partial charge in [0.25, 0.3) is 5.91 Å². The first-order valence-corrected chi connectivity index (χ1v) is 6.96. The van der Waals surface area contributed by atoms with Crippen LogP contribution in [0, 0.1) is 0 Å². The molecule has 1 aromatic rings. The van der Waals surface area contributed by atoms with E-state index in [9.17, 15) is 18.4 Å². The van der Waals surface area contributed by atoms with Crippen LogP contribution >= 0.6 is 0 Å². The van der Waals surface area contributed by atoms with Gasteiger partial charge in [-0.2, -0.15) is 15.3 Å². The molecule has 1 rings (SSSR count). The maximum absolute atomic E-state index is 13.7. The van der Waals surface area contributed by atoms with E-state index in [1.807, 2.05) is 0 Å². The molecule has 0 saturated carbocycles. The third kappa shape index (κ3) is 7.32. The molecule has 1 aromatic carbocycles. The Balaban J connectivity index is 0.00000484. The van der Waals surface area contributed by atoms with Crippen molar-refractivity contribution in [1.29, 1.82) is 0 Å². The van der Waals surface area contributed by atoms with E-state index in [1.54, 1.807) is 18.2 Å². The number of benzene rings is 1. The molecule has 0 radical (unpaired) electrons. The number of Topliss-reactive ketones (excluding diaryl/α,β-unsaturated/α-hetero) is 1. The van der Waals surface area contributed by atoms with Gasteiger partial charge in [0.2, 0.25) is 5.78 Å². The van der Waals surface area contributed by atoms with Crippen molar-refractivity contribution in [3.05, 3.63) is 54.3 Å². The SMILES string of the molecule is C=CCC(F)(F)C(=O)C(CCC[NH-])NC(=O)c1ccccc1.[K+]. The molecule has 1 unspecified atom stereocenters. The zero-order valence-electron chi connectivity index (χ0n) is 13.1. The molecule has 0 aliphatic heterocycles. The summed E-state index contributed by atoms with van der Waals surface area (Å²) < 4.78 is 27.5. The van der Waals surface area contributed by atoms with Crippen LogP contribution in [-0.4, -0.2) is 30.2 Å². The van der Waals surface area contributed by atoms with E-state index in [0.717, 1.165) is 6.08 Å². The number of nitrogens with one attached hydrogen (secondary N) is 2. The average Bonchev–Trinajstić information content (AvgIpc) is 2.51. The maximum atomic E-state index is 13.7. The number of halogens is 2. The van der Waals surface area contributed by atoms with Crippen molar-refractivity contribution >= 4 is 11.7 Å². The van der Waals surface area contributed by atoms with Gasteiger partial charge in [0.05, 0.1) is 6.04 Å². The summed E-state index contributed by atoms with van der Waals surface area (Å²) in [7, 11) is 0. The Labute approximate surface area is 177 Å². The van der Waals surface area contributed by atoms with Crippen molar-refractivity contribution < 1.29 is 69.8 Å². The molecule has 0 spiro atoms. The van der Waals surface area contributed by atoms with Crippen LogP contribution in [0.3, 0.4) is 0 Å². The maximum Gasteiger partial charge on any atom is 1.00 e. The minimum Gasteiger partial charge on any atom is -0.677 e. The van der Waals surface area contributed by atoms with Crippen LogP contribution in [0.4, 0.5) is 8.78 Å². The van der Waals surface area contributed by atoms with Gasteiger partial charge in [0.15, 0.2) is 0 Å². The topological polar surface area (TPSA) is 70.0 Å². The second-order valence-electron chi connectivity index (χ2n) is 4.85. The zero-order valence-corrected chi connectivity index (χ0v) is 16.3. The van der Waals surface area contributed by atoms with Crippen LogP contribution in [0.25, 0.3) is 5.73 Å². The second-order valence-corrected chi connectivity index (χ2v) is 4.85. The summed E-state index contributed by atoms with van der Waals surface area (Å²) in [6, 6.07) is 6.75. The van der Waals surface area contributed by atoms with Crippen molar-refractivity contribution in [2.45, 2.75) is 31.2 Å². The largest absolute Gasteiger partial charge is 1.00 e. The smallest absolute Gasteiger partial charge is 0.677 e. The molecule has 0 aliphatic carbocycles. The van der Waals surface area contributed by atoms with Gasteiger partial charge in [0.1, 0.15) is 0 Å². The van der Waals surface area contributed by atoms with Crippen LogP contribution in [0.15, 0.2) is 43.0 Å².